The molecule has 2 rings (SSSR count). The zero-order valence-electron chi connectivity index (χ0n) is 15.8. The number of aryl methyl sites for hydroxylation is 1. The van der Waals surface area contributed by atoms with Crippen LogP contribution in [0.1, 0.15) is 26.1 Å². The lowest BCUT2D eigenvalue weighted by Crippen LogP contribution is -2.17. The number of nitrogens with zero attached hydrogens (tertiary/aromatic N) is 3. The maximum Gasteiger partial charge on any atom is 0.234 e. The molecule has 2 aromatic rings. The van der Waals surface area contributed by atoms with Crippen molar-refractivity contribution in [2.45, 2.75) is 43.3 Å². The molecule has 0 unspecified atom stereocenters. The minimum atomic E-state index is -0.366. The standard InChI is InChI=1S/C18H25N5O2S2/c1-12(2)10-23-16(9-8-15(19)24)21-22-18(23)27-11-17(25)20-13-6-4-5-7-14(13)26-3/h4-7,12H,8-11H2,1-3H3,(H2,19,24)(H,20,25). The van der Waals surface area contributed by atoms with E-state index in [4.69, 9.17) is 5.73 Å². The number of para-hydroxylation sites is 1. The first-order valence-electron chi connectivity index (χ1n) is 8.66. The van der Waals surface area contributed by atoms with E-state index in [0.29, 0.717) is 17.5 Å². The van der Waals surface area contributed by atoms with Crippen molar-refractivity contribution in [2.24, 2.45) is 11.7 Å². The number of hydrogen-bond donors (Lipinski definition) is 2. The van der Waals surface area contributed by atoms with Crippen LogP contribution in [-0.2, 0) is 22.6 Å². The largest absolute Gasteiger partial charge is 0.370 e. The lowest BCUT2D eigenvalue weighted by molar-refractivity contribution is -0.118. The Balaban J connectivity index is 2.03. The number of anilines is 1. The molecule has 0 radical (unpaired) electrons. The third-order valence-corrected chi connectivity index (χ3v) is 5.41. The molecule has 9 heteroatoms. The second-order valence-corrected chi connectivity index (χ2v) is 8.20. The van der Waals surface area contributed by atoms with Gasteiger partial charge in [-0.05, 0) is 24.3 Å². The highest BCUT2D eigenvalue weighted by molar-refractivity contribution is 7.99. The topological polar surface area (TPSA) is 103 Å². The van der Waals surface area contributed by atoms with E-state index in [1.54, 1.807) is 11.8 Å². The van der Waals surface area contributed by atoms with Crippen molar-refractivity contribution in [1.82, 2.24) is 14.8 Å². The number of amides is 2. The van der Waals surface area contributed by atoms with Crippen LogP contribution in [0.25, 0.3) is 0 Å². The van der Waals surface area contributed by atoms with E-state index in [-0.39, 0.29) is 24.0 Å². The van der Waals surface area contributed by atoms with Crippen molar-refractivity contribution in [3.05, 3.63) is 30.1 Å². The van der Waals surface area contributed by atoms with Crippen molar-refractivity contribution < 1.29 is 9.59 Å². The third-order valence-electron chi connectivity index (χ3n) is 3.65. The smallest absolute Gasteiger partial charge is 0.234 e. The average Bonchev–Trinajstić information content (AvgIpc) is 2.99. The van der Waals surface area contributed by atoms with E-state index in [0.717, 1.165) is 23.0 Å². The SMILES string of the molecule is CSc1ccccc1NC(=O)CSc1nnc(CCC(N)=O)n1CC(C)C. The van der Waals surface area contributed by atoms with Crippen LogP contribution in [0.3, 0.4) is 0 Å². The number of thioether (sulfide) groups is 2. The molecule has 1 aromatic heterocycles. The number of benzene rings is 1. The summed E-state index contributed by atoms with van der Waals surface area (Å²) in [6.07, 6.45) is 2.65. The molecule has 0 atom stereocenters. The van der Waals surface area contributed by atoms with Gasteiger partial charge in [-0.3, -0.25) is 9.59 Å². The van der Waals surface area contributed by atoms with Crippen LogP contribution in [0.2, 0.25) is 0 Å². The number of hydrogen-bond acceptors (Lipinski definition) is 6. The molecule has 0 bridgehead atoms. The molecule has 1 heterocycles. The molecule has 27 heavy (non-hydrogen) atoms. The van der Waals surface area contributed by atoms with Gasteiger partial charge in [-0.1, -0.05) is 37.7 Å². The van der Waals surface area contributed by atoms with Gasteiger partial charge in [0.05, 0.1) is 11.4 Å². The Kier molecular flexibility index (Phi) is 8.18. The summed E-state index contributed by atoms with van der Waals surface area (Å²) >= 11 is 2.93. The van der Waals surface area contributed by atoms with Crippen molar-refractivity contribution in [2.75, 3.05) is 17.3 Å². The van der Waals surface area contributed by atoms with Crippen LogP contribution in [0, 0.1) is 5.92 Å². The maximum atomic E-state index is 12.3. The number of aromatic nitrogens is 3. The summed E-state index contributed by atoms with van der Waals surface area (Å²) in [6.45, 7) is 4.91. The van der Waals surface area contributed by atoms with E-state index in [2.05, 4.69) is 29.4 Å². The molecule has 0 aliphatic rings. The molecular formula is C18H25N5O2S2. The summed E-state index contributed by atoms with van der Waals surface area (Å²) in [7, 11) is 0. The van der Waals surface area contributed by atoms with Crippen LogP contribution in [0.15, 0.2) is 34.3 Å². The highest BCUT2D eigenvalue weighted by Gasteiger charge is 2.16. The normalized spacial score (nSPS) is 11.0. The number of carbonyl (C=O) groups excluding carboxylic acids is 2. The summed E-state index contributed by atoms with van der Waals surface area (Å²) in [6, 6.07) is 7.69. The third kappa shape index (κ3) is 6.59. The first kappa shape index (κ1) is 21.3. The van der Waals surface area contributed by atoms with E-state index in [9.17, 15) is 9.59 Å². The van der Waals surface area contributed by atoms with Gasteiger partial charge in [-0.15, -0.1) is 22.0 Å². The van der Waals surface area contributed by atoms with Gasteiger partial charge in [-0.25, -0.2) is 0 Å². The molecule has 0 aliphatic heterocycles. The van der Waals surface area contributed by atoms with Gasteiger partial charge < -0.3 is 15.6 Å². The maximum absolute atomic E-state index is 12.3. The Bertz CT molecular complexity index is 792. The Morgan fingerprint density at radius 3 is 2.67 bits per heavy atom. The summed E-state index contributed by atoms with van der Waals surface area (Å²) < 4.78 is 1.97. The lowest BCUT2D eigenvalue weighted by atomic mass is 10.2. The number of nitrogens with one attached hydrogen (secondary N) is 1. The van der Waals surface area contributed by atoms with Gasteiger partial charge in [0, 0.05) is 24.3 Å². The number of carbonyl (C=O) groups is 2. The summed E-state index contributed by atoms with van der Waals surface area (Å²) in [5, 5.41) is 12.0. The Hall–Kier alpha value is -2.00. The molecule has 0 aliphatic carbocycles. The average molecular weight is 408 g/mol. The van der Waals surface area contributed by atoms with Crippen molar-refractivity contribution in [3.63, 3.8) is 0 Å². The molecule has 1 aromatic carbocycles. The second-order valence-electron chi connectivity index (χ2n) is 6.41. The van der Waals surface area contributed by atoms with Gasteiger partial charge in [0.15, 0.2) is 5.16 Å². The van der Waals surface area contributed by atoms with Gasteiger partial charge in [0.25, 0.3) is 0 Å². The van der Waals surface area contributed by atoms with Gasteiger partial charge in [-0.2, -0.15) is 0 Å². The van der Waals surface area contributed by atoms with E-state index in [1.807, 2.05) is 35.1 Å². The van der Waals surface area contributed by atoms with Crippen molar-refractivity contribution in [3.8, 4) is 0 Å². The number of rotatable bonds is 10. The fourth-order valence-electron chi connectivity index (χ4n) is 2.46. The van der Waals surface area contributed by atoms with Gasteiger partial charge >= 0.3 is 0 Å². The van der Waals surface area contributed by atoms with Crippen LogP contribution in [0.5, 0.6) is 0 Å². The highest BCUT2D eigenvalue weighted by Crippen LogP contribution is 2.25. The molecule has 3 N–H and O–H groups in total. The van der Waals surface area contributed by atoms with Crippen LogP contribution in [0.4, 0.5) is 5.69 Å². The fraction of sp³-hybridized carbons (Fsp3) is 0.444. The van der Waals surface area contributed by atoms with Crippen LogP contribution >= 0.6 is 23.5 Å². The number of nitrogens with two attached hydrogens (primary N) is 1. The quantitative estimate of drug-likeness (QED) is 0.587. The zero-order chi connectivity index (χ0) is 19.8. The van der Waals surface area contributed by atoms with Crippen LogP contribution < -0.4 is 11.1 Å². The lowest BCUT2D eigenvalue weighted by Gasteiger charge is -2.12. The fourth-order valence-corrected chi connectivity index (χ4v) is 3.78. The van der Waals surface area contributed by atoms with Crippen molar-refractivity contribution in [1.29, 1.82) is 0 Å². The first-order valence-corrected chi connectivity index (χ1v) is 10.9. The van der Waals surface area contributed by atoms with Gasteiger partial charge in [0.1, 0.15) is 5.82 Å². The zero-order valence-corrected chi connectivity index (χ0v) is 17.4. The predicted molar refractivity (Wildman–Crippen MR) is 110 cm³/mol. The minimum Gasteiger partial charge on any atom is -0.370 e. The van der Waals surface area contributed by atoms with Crippen molar-refractivity contribution >= 4 is 41.0 Å². The van der Waals surface area contributed by atoms with E-state index >= 15 is 0 Å². The molecule has 146 valence electrons. The molecule has 0 spiro atoms. The predicted octanol–water partition coefficient (Wildman–Crippen LogP) is 2.80. The molecular weight excluding hydrogens is 382 g/mol. The molecule has 7 nitrogen and oxygen atoms in total. The Labute approximate surface area is 167 Å². The minimum absolute atomic E-state index is 0.0979. The molecule has 0 fully saturated rings. The second kappa shape index (κ2) is 10.4. The number of primary amides is 1. The Morgan fingerprint density at radius 2 is 2.00 bits per heavy atom. The summed E-state index contributed by atoms with van der Waals surface area (Å²) in [4.78, 5) is 24.4. The molecule has 2 amide bonds. The van der Waals surface area contributed by atoms with E-state index in [1.165, 1.54) is 11.8 Å². The Morgan fingerprint density at radius 1 is 1.26 bits per heavy atom. The van der Waals surface area contributed by atoms with E-state index < -0.39 is 0 Å². The molecule has 0 saturated heterocycles. The first-order chi connectivity index (χ1) is 12.9. The highest BCUT2D eigenvalue weighted by atomic mass is 32.2. The monoisotopic (exact) mass is 407 g/mol. The van der Waals surface area contributed by atoms with Crippen LogP contribution in [-0.4, -0.2) is 38.6 Å². The molecule has 0 saturated carbocycles. The summed E-state index contributed by atoms with van der Waals surface area (Å²) in [5.41, 5.74) is 6.04. The van der Waals surface area contributed by atoms with Gasteiger partial charge in [0.2, 0.25) is 11.8 Å². The summed E-state index contributed by atoms with van der Waals surface area (Å²) in [5.74, 6) is 0.872.